The largest absolute Gasteiger partial charge is 0.305 e. The molecule has 2 aromatic carbocycles. The molecule has 0 spiro atoms. The van der Waals surface area contributed by atoms with Crippen LogP contribution in [0.3, 0.4) is 0 Å². The lowest BCUT2D eigenvalue weighted by atomic mass is 10.0. The molecule has 0 unspecified atom stereocenters. The minimum atomic E-state index is -0.467. The third-order valence-corrected chi connectivity index (χ3v) is 5.71. The molecule has 0 saturated carbocycles. The zero-order valence-electron chi connectivity index (χ0n) is 15.2. The number of aromatic nitrogens is 2. The fourth-order valence-electron chi connectivity index (χ4n) is 3.09. The van der Waals surface area contributed by atoms with Crippen LogP contribution in [-0.2, 0) is 0 Å². The summed E-state index contributed by atoms with van der Waals surface area (Å²) in [5, 5.41) is 11.5. The highest BCUT2D eigenvalue weighted by molar-refractivity contribution is 7.19. The average Bonchev–Trinajstić information content (AvgIpc) is 3.05. The number of aromatic amines is 1. The minimum absolute atomic E-state index is 0.00581. The molecule has 4 aromatic rings. The minimum Gasteiger partial charge on any atom is -0.305 e. The molecule has 0 aliphatic heterocycles. The maximum absolute atomic E-state index is 12.8. The summed E-state index contributed by atoms with van der Waals surface area (Å²) < 4.78 is 0. The van der Waals surface area contributed by atoms with Crippen molar-refractivity contribution >= 4 is 50.0 Å². The number of benzene rings is 2. The number of H-pyrrole nitrogens is 1. The van der Waals surface area contributed by atoms with E-state index in [1.165, 1.54) is 23.5 Å². The molecule has 6 nitrogen and oxygen atoms in total. The number of nitro groups is 1. The molecule has 2 aromatic heterocycles. The zero-order valence-corrected chi connectivity index (χ0v) is 16.8. The Labute approximate surface area is 174 Å². The van der Waals surface area contributed by atoms with E-state index in [0.29, 0.717) is 15.8 Å². The molecule has 0 aliphatic rings. The third kappa shape index (κ3) is 3.70. The van der Waals surface area contributed by atoms with E-state index in [1.54, 1.807) is 18.2 Å². The van der Waals surface area contributed by atoms with Crippen molar-refractivity contribution in [2.45, 2.75) is 6.92 Å². The van der Waals surface area contributed by atoms with Crippen LogP contribution in [0.1, 0.15) is 16.3 Å². The summed E-state index contributed by atoms with van der Waals surface area (Å²) in [5.41, 5.74) is 2.23. The molecule has 0 atom stereocenters. The van der Waals surface area contributed by atoms with Crippen molar-refractivity contribution in [3.8, 4) is 11.1 Å². The number of thiophene rings is 1. The molecule has 0 aliphatic carbocycles. The van der Waals surface area contributed by atoms with Gasteiger partial charge in [-0.2, -0.15) is 0 Å². The van der Waals surface area contributed by atoms with Gasteiger partial charge in [0, 0.05) is 22.6 Å². The van der Waals surface area contributed by atoms with Gasteiger partial charge in [0.05, 0.1) is 15.3 Å². The first kappa shape index (κ1) is 19.0. The Balaban J connectivity index is 1.78. The lowest BCUT2D eigenvalue weighted by Crippen LogP contribution is -2.10. The van der Waals surface area contributed by atoms with Crippen LogP contribution in [0.4, 0.5) is 5.69 Å². The first-order valence-electron chi connectivity index (χ1n) is 8.65. The van der Waals surface area contributed by atoms with Crippen molar-refractivity contribution < 1.29 is 4.92 Å². The Morgan fingerprint density at radius 3 is 2.52 bits per heavy atom. The van der Waals surface area contributed by atoms with Crippen LogP contribution >= 0.6 is 22.9 Å². The second-order valence-corrected chi connectivity index (χ2v) is 7.95. The molecule has 0 radical (unpaired) electrons. The Morgan fingerprint density at radius 2 is 1.86 bits per heavy atom. The molecule has 2 heterocycles. The van der Waals surface area contributed by atoms with Gasteiger partial charge < -0.3 is 4.98 Å². The molecule has 0 fully saturated rings. The van der Waals surface area contributed by atoms with Crippen LogP contribution in [0, 0.1) is 17.0 Å². The van der Waals surface area contributed by atoms with Crippen LogP contribution in [0.5, 0.6) is 0 Å². The van der Waals surface area contributed by atoms with E-state index in [1.807, 2.05) is 37.3 Å². The number of hydrogen-bond donors (Lipinski definition) is 1. The van der Waals surface area contributed by atoms with Crippen molar-refractivity contribution in [2.75, 3.05) is 0 Å². The fraction of sp³-hybridized carbons (Fsp3) is 0.0476. The number of nitro benzene ring substituents is 1. The quantitative estimate of drug-likeness (QED) is 0.341. The second kappa shape index (κ2) is 7.62. The summed E-state index contributed by atoms with van der Waals surface area (Å²) in [6, 6.07) is 15.7. The predicted molar refractivity (Wildman–Crippen MR) is 117 cm³/mol. The molecule has 0 saturated heterocycles. The molecular weight excluding hydrogens is 410 g/mol. The maximum Gasteiger partial charge on any atom is 0.269 e. The maximum atomic E-state index is 12.8. The predicted octanol–water partition coefficient (Wildman–Crippen LogP) is 5.61. The van der Waals surface area contributed by atoms with Gasteiger partial charge >= 0.3 is 0 Å². The van der Waals surface area contributed by atoms with Gasteiger partial charge in [0.2, 0.25) is 0 Å². The van der Waals surface area contributed by atoms with Gasteiger partial charge in [0.1, 0.15) is 4.83 Å². The summed E-state index contributed by atoms with van der Waals surface area (Å²) in [7, 11) is 0. The molecule has 4 rings (SSSR count). The Bertz CT molecular complexity index is 1310. The molecule has 0 bridgehead atoms. The second-order valence-electron chi connectivity index (χ2n) is 6.33. The highest BCUT2D eigenvalue weighted by Crippen LogP contribution is 2.36. The van der Waals surface area contributed by atoms with E-state index in [2.05, 4.69) is 9.97 Å². The van der Waals surface area contributed by atoms with E-state index in [4.69, 9.17) is 11.6 Å². The van der Waals surface area contributed by atoms with Crippen LogP contribution in [-0.4, -0.2) is 14.9 Å². The topological polar surface area (TPSA) is 88.9 Å². The Morgan fingerprint density at radius 1 is 1.17 bits per heavy atom. The molecule has 144 valence electrons. The highest BCUT2D eigenvalue weighted by atomic mass is 35.5. The van der Waals surface area contributed by atoms with Crippen molar-refractivity contribution in [3.63, 3.8) is 0 Å². The molecular formula is C21H14ClN3O3S. The number of nitrogens with zero attached hydrogens (tertiary/aromatic N) is 2. The average molecular weight is 424 g/mol. The molecule has 0 amide bonds. The van der Waals surface area contributed by atoms with Crippen molar-refractivity contribution in [1.29, 1.82) is 0 Å². The number of nitrogens with one attached hydrogen (secondary N) is 1. The number of hydrogen-bond acceptors (Lipinski definition) is 5. The SMILES string of the molecule is Cc1sc2nc(C(Cl)=Cc3ccc([N+](=O)[O-])cc3)[nH]c(=O)c2c1-c1ccccc1. The van der Waals surface area contributed by atoms with E-state index in [-0.39, 0.29) is 22.1 Å². The third-order valence-electron chi connectivity index (χ3n) is 4.42. The zero-order chi connectivity index (χ0) is 20.5. The van der Waals surface area contributed by atoms with Crippen LogP contribution < -0.4 is 5.56 Å². The smallest absolute Gasteiger partial charge is 0.269 e. The number of non-ortho nitro benzene ring substituents is 1. The van der Waals surface area contributed by atoms with E-state index >= 15 is 0 Å². The van der Waals surface area contributed by atoms with Crippen molar-refractivity contribution in [1.82, 2.24) is 9.97 Å². The van der Waals surface area contributed by atoms with Crippen LogP contribution in [0.2, 0.25) is 0 Å². The van der Waals surface area contributed by atoms with E-state index in [9.17, 15) is 14.9 Å². The lowest BCUT2D eigenvalue weighted by molar-refractivity contribution is -0.384. The molecule has 8 heteroatoms. The van der Waals surface area contributed by atoms with Gasteiger partial charge in [0.15, 0.2) is 5.82 Å². The standard InChI is InChI=1S/C21H14ClN3O3S/c1-12-17(14-5-3-2-4-6-14)18-20(26)23-19(24-21(18)29-12)16(22)11-13-7-9-15(10-8-13)25(27)28/h2-11H,1H3,(H,23,24,26). The normalized spacial score (nSPS) is 11.7. The fourth-order valence-corrected chi connectivity index (χ4v) is 4.35. The summed E-state index contributed by atoms with van der Waals surface area (Å²) in [6.07, 6.45) is 1.61. The first-order valence-corrected chi connectivity index (χ1v) is 9.84. The summed E-state index contributed by atoms with van der Waals surface area (Å²) in [4.78, 5) is 32.0. The van der Waals surface area contributed by atoms with Gasteiger partial charge in [-0.3, -0.25) is 14.9 Å². The number of rotatable bonds is 4. The summed E-state index contributed by atoms with van der Waals surface area (Å²) in [5.74, 6) is 0.253. The van der Waals surface area contributed by atoms with Gasteiger partial charge in [-0.15, -0.1) is 11.3 Å². The number of aryl methyl sites for hydroxylation is 1. The van der Waals surface area contributed by atoms with Crippen LogP contribution in [0.25, 0.3) is 32.5 Å². The highest BCUT2D eigenvalue weighted by Gasteiger charge is 2.17. The van der Waals surface area contributed by atoms with Gasteiger partial charge in [0.25, 0.3) is 11.2 Å². The summed E-state index contributed by atoms with van der Waals surface area (Å²) in [6.45, 7) is 1.96. The summed E-state index contributed by atoms with van der Waals surface area (Å²) >= 11 is 7.82. The van der Waals surface area contributed by atoms with Crippen LogP contribution in [0.15, 0.2) is 59.4 Å². The Kier molecular flexibility index (Phi) is 5.00. The number of fused-ring (bicyclic) bond motifs is 1. The van der Waals surface area contributed by atoms with Gasteiger partial charge in [-0.05, 0) is 36.3 Å². The lowest BCUT2D eigenvalue weighted by Gasteiger charge is -2.03. The van der Waals surface area contributed by atoms with E-state index < -0.39 is 4.92 Å². The molecule has 1 N–H and O–H groups in total. The van der Waals surface area contributed by atoms with Crippen molar-refractivity contribution in [3.05, 3.63) is 91.3 Å². The van der Waals surface area contributed by atoms with Gasteiger partial charge in [-0.25, -0.2) is 4.98 Å². The monoisotopic (exact) mass is 423 g/mol. The van der Waals surface area contributed by atoms with Crippen molar-refractivity contribution in [2.24, 2.45) is 0 Å². The molecule has 29 heavy (non-hydrogen) atoms. The Hall–Kier alpha value is -3.29. The van der Waals surface area contributed by atoms with E-state index in [0.717, 1.165) is 16.0 Å². The van der Waals surface area contributed by atoms with Gasteiger partial charge in [-0.1, -0.05) is 41.9 Å². The first-order chi connectivity index (χ1) is 13.9. The number of halogens is 1.